The highest BCUT2D eigenvalue weighted by atomic mass is 32.1. The first-order valence-electron chi connectivity index (χ1n) is 6.19. The van der Waals surface area contributed by atoms with Crippen LogP contribution < -0.4 is 10.6 Å². The predicted octanol–water partition coefficient (Wildman–Crippen LogP) is 3.19. The molecule has 18 heavy (non-hydrogen) atoms. The van der Waals surface area contributed by atoms with Crippen molar-refractivity contribution >= 4 is 17.2 Å². The molecule has 96 valence electrons. The molecule has 0 bridgehead atoms. The average molecular weight is 261 g/mol. The Morgan fingerprint density at radius 3 is 2.89 bits per heavy atom. The van der Waals surface area contributed by atoms with Gasteiger partial charge in [0, 0.05) is 23.7 Å². The third kappa shape index (κ3) is 3.09. The summed E-state index contributed by atoms with van der Waals surface area (Å²) < 4.78 is 0. The van der Waals surface area contributed by atoms with E-state index in [1.165, 1.54) is 4.88 Å². The monoisotopic (exact) mass is 261 g/mol. The fourth-order valence-electron chi connectivity index (χ4n) is 1.84. The van der Waals surface area contributed by atoms with Gasteiger partial charge in [-0.05, 0) is 43.0 Å². The van der Waals surface area contributed by atoms with E-state index in [1.54, 1.807) is 11.3 Å². The lowest BCUT2D eigenvalue weighted by atomic mass is 10.1. The lowest BCUT2D eigenvalue weighted by Gasteiger charge is -2.22. The number of nitrogens with zero attached hydrogens (tertiary/aromatic N) is 2. The fraction of sp³-hybridized carbons (Fsp3) is 0.357. The zero-order chi connectivity index (χ0) is 13.0. The van der Waals surface area contributed by atoms with E-state index in [0.29, 0.717) is 0 Å². The third-order valence-electron chi connectivity index (χ3n) is 2.93. The quantitative estimate of drug-likeness (QED) is 0.898. The molecule has 0 radical (unpaired) electrons. The Balaban J connectivity index is 2.19. The summed E-state index contributed by atoms with van der Waals surface area (Å²) in [7, 11) is 0. The lowest BCUT2D eigenvalue weighted by Crippen LogP contribution is -2.23. The summed E-state index contributed by atoms with van der Waals surface area (Å²) in [6, 6.07) is 8.35. The zero-order valence-corrected chi connectivity index (χ0v) is 11.7. The van der Waals surface area contributed by atoms with Crippen LogP contribution in [0.3, 0.4) is 0 Å². The molecule has 0 saturated carbocycles. The molecule has 2 heterocycles. The SMILES string of the molecule is CCN(Cc1cccs1)c1cc([C@@H](C)N)ccn1. The molecule has 2 aromatic heterocycles. The molecule has 0 spiro atoms. The Morgan fingerprint density at radius 1 is 1.44 bits per heavy atom. The van der Waals surface area contributed by atoms with Gasteiger partial charge >= 0.3 is 0 Å². The van der Waals surface area contributed by atoms with Crippen LogP contribution in [0, 0.1) is 0 Å². The van der Waals surface area contributed by atoms with Crippen molar-refractivity contribution in [2.24, 2.45) is 5.73 Å². The number of hydrogen-bond donors (Lipinski definition) is 1. The van der Waals surface area contributed by atoms with Crippen LogP contribution in [0.5, 0.6) is 0 Å². The van der Waals surface area contributed by atoms with Crippen LogP contribution in [-0.2, 0) is 6.54 Å². The molecule has 0 unspecified atom stereocenters. The topological polar surface area (TPSA) is 42.1 Å². The van der Waals surface area contributed by atoms with Gasteiger partial charge in [0.1, 0.15) is 5.82 Å². The molecule has 0 aliphatic heterocycles. The molecular formula is C14H19N3S. The molecule has 3 nitrogen and oxygen atoms in total. The number of anilines is 1. The summed E-state index contributed by atoms with van der Waals surface area (Å²) in [6.07, 6.45) is 1.84. The smallest absolute Gasteiger partial charge is 0.129 e. The van der Waals surface area contributed by atoms with Gasteiger partial charge in [-0.25, -0.2) is 4.98 Å². The van der Waals surface area contributed by atoms with E-state index in [9.17, 15) is 0 Å². The van der Waals surface area contributed by atoms with E-state index in [0.717, 1.165) is 24.5 Å². The first-order chi connectivity index (χ1) is 8.70. The number of pyridine rings is 1. The van der Waals surface area contributed by atoms with Gasteiger partial charge in [-0.1, -0.05) is 6.07 Å². The van der Waals surface area contributed by atoms with E-state index in [-0.39, 0.29) is 6.04 Å². The summed E-state index contributed by atoms with van der Waals surface area (Å²) >= 11 is 1.78. The highest BCUT2D eigenvalue weighted by Crippen LogP contribution is 2.20. The molecule has 0 aliphatic rings. The van der Waals surface area contributed by atoms with Crippen molar-refractivity contribution in [3.8, 4) is 0 Å². The highest BCUT2D eigenvalue weighted by molar-refractivity contribution is 7.09. The number of aromatic nitrogens is 1. The number of rotatable bonds is 5. The van der Waals surface area contributed by atoms with Crippen molar-refractivity contribution in [2.75, 3.05) is 11.4 Å². The van der Waals surface area contributed by atoms with Crippen LogP contribution in [0.1, 0.15) is 30.3 Å². The van der Waals surface area contributed by atoms with E-state index in [1.807, 2.05) is 19.2 Å². The molecule has 0 aliphatic carbocycles. The number of thiophene rings is 1. The van der Waals surface area contributed by atoms with Crippen molar-refractivity contribution in [3.63, 3.8) is 0 Å². The van der Waals surface area contributed by atoms with Crippen LogP contribution in [0.15, 0.2) is 35.8 Å². The van der Waals surface area contributed by atoms with Crippen LogP contribution in [0.25, 0.3) is 0 Å². The molecule has 2 aromatic rings. The van der Waals surface area contributed by atoms with E-state index in [2.05, 4.69) is 40.4 Å². The van der Waals surface area contributed by atoms with Gasteiger partial charge in [-0.3, -0.25) is 0 Å². The minimum atomic E-state index is 0.0483. The van der Waals surface area contributed by atoms with Crippen LogP contribution in [0.4, 0.5) is 5.82 Å². The molecule has 2 N–H and O–H groups in total. The second-order valence-electron chi connectivity index (χ2n) is 4.33. The van der Waals surface area contributed by atoms with Crippen LogP contribution in [0.2, 0.25) is 0 Å². The molecule has 4 heteroatoms. The molecule has 0 aromatic carbocycles. The van der Waals surface area contributed by atoms with E-state index in [4.69, 9.17) is 5.73 Å². The normalized spacial score (nSPS) is 12.4. The minimum Gasteiger partial charge on any atom is -0.352 e. The standard InChI is InChI=1S/C14H19N3S/c1-3-17(10-13-5-4-8-18-13)14-9-12(11(2)15)6-7-16-14/h4-9,11H,3,10,15H2,1-2H3/t11-/m1/s1. The molecule has 0 amide bonds. The average Bonchev–Trinajstić information content (AvgIpc) is 2.89. The number of nitrogens with two attached hydrogens (primary N) is 1. The van der Waals surface area contributed by atoms with Crippen molar-refractivity contribution in [1.82, 2.24) is 4.98 Å². The third-order valence-corrected chi connectivity index (χ3v) is 3.79. The van der Waals surface area contributed by atoms with E-state index >= 15 is 0 Å². The first kappa shape index (κ1) is 13.1. The minimum absolute atomic E-state index is 0.0483. The Morgan fingerprint density at radius 2 is 2.28 bits per heavy atom. The maximum Gasteiger partial charge on any atom is 0.129 e. The second kappa shape index (κ2) is 5.98. The Bertz CT molecular complexity index is 480. The highest BCUT2D eigenvalue weighted by Gasteiger charge is 2.09. The Hall–Kier alpha value is -1.39. The van der Waals surface area contributed by atoms with Crippen LogP contribution in [-0.4, -0.2) is 11.5 Å². The van der Waals surface area contributed by atoms with Gasteiger partial charge < -0.3 is 10.6 Å². The molecular weight excluding hydrogens is 242 g/mol. The lowest BCUT2D eigenvalue weighted by molar-refractivity contribution is 0.794. The fourth-order valence-corrected chi connectivity index (χ4v) is 2.56. The van der Waals surface area contributed by atoms with Gasteiger partial charge in [0.05, 0.1) is 6.54 Å². The molecule has 1 atom stereocenters. The number of hydrogen-bond acceptors (Lipinski definition) is 4. The van der Waals surface area contributed by atoms with E-state index < -0.39 is 0 Å². The van der Waals surface area contributed by atoms with Crippen molar-refractivity contribution in [1.29, 1.82) is 0 Å². The van der Waals surface area contributed by atoms with Crippen LogP contribution >= 0.6 is 11.3 Å². The van der Waals surface area contributed by atoms with Crippen molar-refractivity contribution in [2.45, 2.75) is 26.4 Å². The summed E-state index contributed by atoms with van der Waals surface area (Å²) in [5, 5.41) is 2.11. The second-order valence-corrected chi connectivity index (χ2v) is 5.36. The molecule has 0 fully saturated rings. The van der Waals surface area contributed by atoms with Gasteiger partial charge in [-0.2, -0.15) is 0 Å². The van der Waals surface area contributed by atoms with Gasteiger partial charge in [0.25, 0.3) is 0 Å². The van der Waals surface area contributed by atoms with Gasteiger partial charge in [0.2, 0.25) is 0 Å². The van der Waals surface area contributed by atoms with Crippen molar-refractivity contribution in [3.05, 3.63) is 46.3 Å². The summed E-state index contributed by atoms with van der Waals surface area (Å²) in [4.78, 5) is 8.06. The van der Waals surface area contributed by atoms with Gasteiger partial charge in [0.15, 0.2) is 0 Å². The largest absolute Gasteiger partial charge is 0.352 e. The molecule has 2 rings (SSSR count). The van der Waals surface area contributed by atoms with Crippen molar-refractivity contribution < 1.29 is 0 Å². The first-order valence-corrected chi connectivity index (χ1v) is 7.07. The Labute approximate surface area is 112 Å². The molecule has 0 saturated heterocycles. The summed E-state index contributed by atoms with van der Waals surface area (Å²) in [6.45, 7) is 5.99. The summed E-state index contributed by atoms with van der Waals surface area (Å²) in [5.74, 6) is 1.00. The summed E-state index contributed by atoms with van der Waals surface area (Å²) in [5.41, 5.74) is 7.05. The zero-order valence-electron chi connectivity index (χ0n) is 10.8. The predicted molar refractivity (Wildman–Crippen MR) is 77.9 cm³/mol. The Kier molecular flexibility index (Phi) is 4.33. The maximum atomic E-state index is 5.92. The van der Waals surface area contributed by atoms with Gasteiger partial charge in [-0.15, -0.1) is 11.3 Å². The maximum absolute atomic E-state index is 5.92.